The van der Waals surface area contributed by atoms with Crippen molar-refractivity contribution in [3.05, 3.63) is 17.5 Å². The normalized spacial score (nSPS) is 16.4. The number of ether oxygens (including phenoxy) is 1. The van der Waals surface area contributed by atoms with Gasteiger partial charge in [-0.15, -0.1) is 0 Å². The second-order valence-corrected chi connectivity index (χ2v) is 6.36. The van der Waals surface area contributed by atoms with Crippen molar-refractivity contribution in [2.45, 2.75) is 33.1 Å². The number of aryl methyl sites for hydroxylation is 1. The maximum atomic E-state index is 12.2. The van der Waals surface area contributed by atoms with Gasteiger partial charge in [0.2, 0.25) is 0 Å². The second kappa shape index (κ2) is 5.95. The first-order valence-corrected chi connectivity index (χ1v) is 7.26. The molecule has 0 unspecified atom stereocenters. The molecule has 1 amide bonds. The van der Waals surface area contributed by atoms with E-state index in [1.54, 1.807) is 11.8 Å². The van der Waals surface area contributed by atoms with Crippen LogP contribution < -0.4 is 5.32 Å². The predicted octanol–water partition coefficient (Wildman–Crippen LogP) is 1.77. The van der Waals surface area contributed by atoms with Crippen molar-refractivity contribution in [1.29, 1.82) is 0 Å². The average Bonchev–Trinajstić information content (AvgIpc) is 3.03. The van der Waals surface area contributed by atoms with Gasteiger partial charge in [-0.2, -0.15) is 5.10 Å². The maximum absolute atomic E-state index is 12.2. The quantitative estimate of drug-likeness (QED) is 0.827. The van der Waals surface area contributed by atoms with Gasteiger partial charge in [0.25, 0.3) is 5.91 Å². The molecule has 5 heteroatoms. The lowest BCUT2D eigenvalue weighted by molar-refractivity contribution is 0.0910. The molecule has 5 nitrogen and oxygen atoms in total. The predicted molar refractivity (Wildman–Crippen MR) is 77.6 cm³/mol. The largest absolute Gasteiger partial charge is 0.384 e. The topological polar surface area (TPSA) is 56.1 Å². The fraction of sp³-hybridized carbons (Fsp3) is 0.733. The van der Waals surface area contributed by atoms with Crippen LogP contribution in [0.25, 0.3) is 0 Å². The number of hydrogen-bond acceptors (Lipinski definition) is 3. The third-order valence-corrected chi connectivity index (χ3v) is 3.81. The molecule has 1 aliphatic carbocycles. The molecule has 1 fully saturated rings. The summed E-state index contributed by atoms with van der Waals surface area (Å²) in [4.78, 5) is 12.2. The molecule has 20 heavy (non-hydrogen) atoms. The summed E-state index contributed by atoms with van der Waals surface area (Å²) >= 11 is 0. The number of hydrogen-bond donors (Lipinski definition) is 1. The minimum Gasteiger partial charge on any atom is -0.384 e. The molecule has 0 saturated heterocycles. The molecule has 1 heterocycles. The molecule has 2 rings (SSSR count). The van der Waals surface area contributed by atoms with E-state index >= 15 is 0 Å². The summed E-state index contributed by atoms with van der Waals surface area (Å²) in [5.74, 6) is 0.495. The van der Waals surface area contributed by atoms with Gasteiger partial charge in [0.15, 0.2) is 0 Å². The average molecular weight is 279 g/mol. The highest BCUT2D eigenvalue weighted by molar-refractivity contribution is 5.92. The Morgan fingerprint density at radius 2 is 2.25 bits per heavy atom. The number of rotatable bonds is 7. The molecular formula is C15H25N3O2. The Morgan fingerprint density at radius 1 is 1.55 bits per heavy atom. The van der Waals surface area contributed by atoms with E-state index in [2.05, 4.69) is 24.3 Å². The summed E-state index contributed by atoms with van der Waals surface area (Å²) in [6.07, 6.45) is 3.16. The number of nitrogens with one attached hydrogen (secondary N) is 1. The van der Waals surface area contributed by atoms with E-state index < -0.39 is 0 Å². The number of aromatic nitrogens is 2. The maximum Gasteiger partial charge on any atom is 0.269 e. The molecule has 0 spiro atoms. The van der Waals surface area contributed by atoms with Crippen LogP contribution in [0.5, 0.6) is 0 Å². The molecule has 1 N–H and O–H groups in total. The standard InChI is InChI=1S/C15H25N3O2/c1-11(2)7-12-8-13(18(3)17-12)14(19)16-9-15(5-6-15)10-20-4/h8,11H,5-7,9-10H2,1-4H3,(H,16,19). The molecule has 112 valence electrons. The van der Waals surface area contributed by atoms with Crippen LogP contribution in [0.1, 0.15) is 42.9 Å². The van der Waals surface area contributed by atoms with Crippen molar-refractivity contribution < 1.29 is 9.53 Å². The lowest BCUT2D eigenvalue weighted by Gasteiger charge is -2.14. The zero-order valence-corrected chi connectivity index (χ0v) is 12.9. The molecule has 0 atom stereocenters. The summed E-state index contributed by atoms with van der Waals surface area (Å²) in [6, 6.07) is 1.89. The minimum atomic E-state index is -0.0441. The van der Waals surface area contributed by atoms with Crippen LogP contribution in [0.2, 0.25) is 0 Å². The third-order valence-electron chi connectivity index (χ3n) is 3.81. The van der Waals surface area contributed by atoms with E-state index in [4.69, 9.17) is 4.74 Å². The van der Waals surface area contributed by atoms with E-state index in [0.29, 0.717) is 18.2 Å². The minimum absolute atomic E-state index is 0.0441. The Morgan fingerprint density at radius 3 is 2.80 bits per heavy atom. The Kier molecular flexibility index (Phi) is 4.48. The molecule has 0 aromatic carbocycles. The first kappa shape index (κ1) is 15.0. The van der Waals surface area contributed by atoms with Crippen LogP contribution in [0, 0.1) is 11.3 Å². The Hall–Kier alpha value is -1.36. The van der Waals surface area contributed by atoms with Gasteiger partial charge >= 0.3 is 0 Å². The van der Waals surface area contributed by atoms with Gasteiger partial charge in [0, 0.05) is 26.1 Å². The molecule has 0 radical (unpaired) electrons. The highest BCUT2D eigenvalue weighted by atomic mass is 16.5. The van der Waals surface area contributed by atoms with E-state index in [0.717, 1.165) is 31.6 Å². The van der Waals surface area contributed by atoms with Crippen LogP contribution in [0.15, 0.2) is 6.07 Å². The number of nitrogens with zero attached hydrogens (tertiary/aromatic N) is 2. The molecule has 1 aromatic rings. The Balaban J connectivity index is 1.94. The first-order valence-electron chi connectivity index (χ1n) is 7.26. The van der Waals surface area contributed by atoms with E-state index in [9.17, 15) is 4.79 Å². The summed E-state index contributed by atoms with van der Waals surface area (Å²) in [5, 5.41) is 7.41. The van der Waals surface area contributed by atoms with Gasteiger partial charge < -0.3 is 10.1 Å². The summed E-state index contributed by atoms with van der Waals surface area (Å²) in [6.45, 7) is 5.70. The summed E-state index contributed by atoms with van der Waals surface area (Å²) in [7, 11) is 3.53. The lowest BCUT2D eigenvalue weighted by atomic mass is 10.1. The zero-order valence-electron chi connectivity index (χ0n) is 12.9. The smallest absolute Gasteiger partial charge is 0.269 e. The van der Waals surface area contributed by atoms with Crippen molar-refractivity contribution >= 4 is 5.91 Å². The SMILES string of the molecule is COCC1(CNC(=O)c2cc(CC(C)C)nn2C)CC1. The lowest BCUT2D eigenvalue weighted by Crippen LogP contribution is -2.33. The van der Waals surface area contributed by atoms with E-state index in [1.165, 1.54) is 0 Å². The second-order valence-electron chi connectivity index (χ2n) is 6.36. The van der Waals surface area contributed by atoms with Crippen molar-refractivity contribution in [2.75, 3.05) is 20.3 Å². The van der Waals surface area contributed by atoms with Gasteiger partial charge in [-0.25, -0.2) is 0 Å². The van der Waals surface area contributed by atoms with Crippen molar-refractivity contribution in [2.24, 2.45) is 18.4 Å². The monoisotopic (exact) mass is 279 g/mol. The number of amides is 1. The molecule has 0 aliphatic heterocycles. The Labute approximate surface area is 120 Å². The molecule has 1 aromatic heterocycles. The van der Waals surface area contributed by atoms with Crippen LogP contribution in [0.4, 0.5) is 0 Å². The van der Waals surface area contributed by atoms with Gasteiger partial charge in [-0.1, -0.05) is 13.8 Å². The highest BCUT2D eigenvalue weighted by Crippen LogP contribution is 2.45. The van der Waals surface area contributed by atoms with Crippen molar-refractivity contribution in [3.63, 3.8) is 0 Å². The molecule has 0 bridgehead atoms. The number of carbonyl (C=O) groups is 1. The zero-order chi connectivity index (χ0) is 14.8. The van der Waals surface area contributed by atoms with Crippen LogP contribution >= 0.6 is 0 Å². The fourth-order valence-electron chi connectivity index (χ4n) is 2.47. The van der Waals surface area contributed by atoms with Crippen LogP contribution in [-0.4, -0.2) is 35.9 Å². The molecule has 1 aliphatic rings. The number of carbonyl (C=O) groups excluding carboxylic acids is 1. The van der Waals surface area contributed by atoms with E-state index in [1.807, 2.05) is 13.1 Å². The van der Waals surface area contributed by atoms with Crippen molar-refractivity contribution in [3.8, 4) is 0 Å². The van der Waals surface area contributed by atoms with Crippen LogP contribution in [0.3, 0.4) is 0 Å². The van der Waals surface area contributed by atoms with Gasteiger partial charge in [-0.3, -0.25) is 9.48 Å². The summed E-state index contributed by atoms with van der Waals surface area (Å²) < 4.78 is 6.88. The summed E-state index contributed by atoms with van der Waals surface area (Å²) in [5.41, 5.74) is 1.78. The molecule has 1 saturated carbocycles. The van der Waals surface area contributed by atoms with Gasteiger partial charge in [0.1, 0.15) is 5.69 Å². The molecular weight excluding hydrogens is 254 g/mol. The third kappa shape index (κ3) is 3.60. The number of methoxy groups -OCH3 is 1. The highest BCUT2D eigenvalue weighted by Gasteiger charge is 2.42. The van der Waals surface area contributed by atoms with Crippen molar-refractivity contribution in [1.82, 2.24) is 15.1 Å². The Bertz CT molecular complexity index is 475. The van der Waals surface area contributed by atoms with E-state index in [-0.39, 0.29) is 11.3 Å². The van der Waals surface area contributed by atoms with Gasteiger partial charge in [-0.05, 0) is 31.2 Å². The fourth-order valence-corrected chi connectivity index (χ4v) is 2.47. The van der Waals surface area contributed by atoms with Crippen LogP contribution in [-0.2, 0) is 18.2 Å². The van der Waals surface area contributed by atoms with Gasteiger partial charge in [0.05, 0.1) is 12.3 Å². The first-order chi connectivity index (χ1) is 9.46.